The summed E-state index contributed by atoms with van der Waals surface area (Å²) in [6, 6.07) is -0.202. The Kier molecular flexibility index (Phi) is 5.39. The second-order valence-corrected chi connectivity index (χ2v) is 6.59. The second-order valence-electron chi connectivity index (χ2n) is 6.59. The molecule has 6 heteroatoms. The fourth-order valence-corrected chi connectivity index (χ4v) is 1.78. The van der Waals surface area contributed by atoms with Crippen molar-refractivity contribution in [1.82, 2.24) is 10.4 Å². The van der Waals surface area contributed by atoms with E-state index in [1.165, 1.54) is 0 Å². The van der Waals surface area contributed by atoms with E-state index in [1.807, 2.05) is 34.6 Å². The molecule has 1 amide bonds. The first-order chi connectivity index (χ1) is 9.59. The standard InChI is InChI=1S/C15H27N3O3/c1-8-15(5,6)17-12(21-16-7)11-9-10-18(11)13(19)20-14(2,3)4/h8,11,16H,1,9-10H2,2-7H3/t11-/m0/s1. The van der Waals surface area contributed by atoms with E-state index < -0.39 is 11.1 Å². The van der Waals surface area contributed by atoms with Gasteiger partial charge in [-0.3, -0.25) is 4.90 Å². The van der Waals surface area contributed by atoms with Crippen LogP contribution in [-0.2, 0) is 9.57 Å². The van der Waals surface area contributed by atoms with Gasteiger partial charge in [0.05, 0.1) is 5.54 Å². The average Bonchev–Trinajstić information content (AvgIpc) is 2.24. The van der Waals surface area contributed by atoms with Gasteiger partial charge < -0.3 is 9.57 Å². The van der Waals surface area contributed by atoms with E-state index in [-0.39, 0.29) is 12.1 Å². The van der Waals surface area contributed by atoms with Crippen LogP contribution in [0.2, 0.25) is 0 Å². The van der Waals surface area contributed by atoms with Crippen LogP contribution < -0.4 is 5.48 Å². The molecule has 0 aromatic rings. The summed E-state index contributed by atoms with van der Waals surface area (Å²) in [7, 11) is 1.66. The largest absolute Gasteiger partial charge is 0.444 e. The number of nitrogens with zero attached hydrogens (tertiary/aromatic N) is 2. The predicted octanol–water partition coefficient (Wildman–Crippen LogP) is 2.51. The monoisotopic (exact) mass is 297 g/mol. The number of hydroxylamine groups is 1. The Morgan fingerprint density at radius 1 is 1.38 bits per heavy atom. The molecule has 1 atom stereocenters. The minimum absolute atomic E-state index is 0.202. The Morgan fingerprint density at radius 3 is 2.38 bits per heavy atom. The lowest BCUT2D eigenvalue weighted by atomic mass is 10.0. The normalized spacial score (nSPS) is 19.8. The van der Waals surface area contributed by atoms with Gasteiger partial charge in [0.15, 0.2) is 0 Å². The van der Waals surface area contributed by atoms with Crippen LogP contribution in [0.4, 0.5) is 4.79 Å². The van der Waals surface area contributed by atoms with Crippen molar-refractivity contribution in [2.24, 2.45) is 4.99 Å². The molecule has 6 nitrogen and oxygen atoms in total. The van der Waals surface area contributed by atoms with E-state index in [0.717, 1.165) is 6.42 Å². The molecule has 0 unspecified atom stereocenters. The number of carbonyl (C=O) groups excluding carboxylic acids is 1. The van der Waals surface area contributed by atoms with Gasteiger partial charge in [0.25, 0.3) is 0 Å². The lowest BCUT2D eigenvalue weighted by Gasteiger charge is -2.41. The van der Waals surface area contributed by atoms with Gasteiger partial charge in [-0.1, -0.05) is 6.08 Å². The maximum atomic E-state index is 12.1. The van der Waals surface area contributed by atoms with Gasteiger partial charge in [-0.05, 0) is 41.0 Å². The fourth-order valence-electron chi connectivity index (χ4n) is 1.78. The molecule has 1 fully saturated rings. The minimum Gasteiger partial charge on any atom is -0.444 e. The van der Waals surface area contributed by atoms with E-state index in [0.29, 0.717) is 12.4 Å². The summed E-state index contributed by atoms with van der Waals surface area (Å²) in [6.45, 7) is 13.8. The Bertz CT molecular complexity index is 424. The number of hydrogen-bond acceptors (Lipinski definition) is 5. The molecule has 1 rings (SSSR count). The van der Waals surface area contributed by atoms with Crippen LogP contribution >= 0.6 is 0 Å². The van der Waals surface area contributed by atoms with Crippen LogP contribution in [0.3, 0.4) is 0 Å². The van der Waals surface area contributed by atoms with Crippen molar-refractivity contribution in [2.75, 3.05) is 13.6 Å². The molecule has 0 bridgehead atoms. The Labute approximate surface area is 127 Å². The van der Waals surface area contributed by atoms with E-state index >= 15 is 0 Å². The molecular formula is C15H27N3O3. The Morgan fingerprint density at radius 2 is 2.00 bits per heavy atom. The van der Waals surface area contributed by atoms with Gasteiger partial charge in [0.1, 0.15) is 11.6 Å². The van der Waals surface area contributed by atoms with Crippen molar-refractivity contribution in [3.63, 3.8) is 0 Å². The quantitative estimate of drug-likeness (QED) is 0.375. The number of aliphatic imine (C=N–C) groups is 1. The van der Waals surface area contributed by atoms with Gasteiger partial charge >= 0.3 is 6.09 Å². The molecule has 120 valence electrons. The van der Waals surface area contributed by atoms with Crippen LogP contribution in [0.25, 0.3) is 0 Å². The summed E-state index contributed by atoms with van der Waals surface area (Å²) in [5.74, 6) is 0.472. The molecule has 1 saturated heterocycles. The van der Waals surface area contributed by atoms with E-state index in [1.54, 1.807) is 18.0 Å². The molecule has 1 heterocycles. The number of ether oxygens (including phenoxy) is 1. The third kappa shape index (κ3) is 5.04. The van der Waals surface area contributed by atoms with Crippen molar-refractivity contribution in [3.05, 3.63) is 12.7 Å². The molecule has 0 aromatic heterocycles. The third-order valence-corrected chi connectivity index (χ3v) is 3.04. The molecular weight excluding hydrogens is 270 g/mol. The van der Waals surface area contributed by atoms with E-state index in [4.69, 9.17) is 9.57 Å². The van der Waals surface area contributed by atoms with Gasteiger partial charge in [-0.15, -0.1) is 6.58 Å². The Balaban J connectivity index is 2.86. The molecule has 0 saturated carbocycles. The topological polar surface area (TPSA) is 63.2 Å². The highest BCUT2D eigenvalue weighted by Gasteiger charge is 2.40. The van der Waals surface area contributed by atoms with Crippen LogP contribution in [-0.4, -0.2) is 47.7 Å². The lowest BCUT2D eigenvalue weighted by molar-refractivity contribution is 0.000360. The first-order valence-electron chi connectivity index (χ1n) is 7.16. The summed E-state index contributed by atoms with van der Waals surface area (Å²) < 4.78 is 5.39. The summed E-state index contributed by atoms with van der Waals surface area (Å²) in [6.07, 6.45) is 2.19. The van der Waals surface area contributed by atoms with Crippen molar-refractivity contribution in [3.8, 4) is 0 Å². The molecule has 1 N–H and O–H groups in total. The van der Waals surface area contributed by atoms with Gasteiger partial charge in [-0.25, -0.2) is 9.79 Å². The molecule has 1 aliphatic heterocycles. The number of hydrogen-bond donors (Lipinski definition) is 1. The summed E-state index contributed by atoms with van der Waals surface area (Å²) in [4.78, 5) is 23.7. The third-order valence-electron chi connectivity index (χ3n) is 3.04. The van der Waals surface area contributed by atoms with Crippen LogP contribution in [0, 0.1) is 0 Å². The van der Waals surface area contributed by atoms with Gasteiger partial charge in [0, 0.05) is 13.6 Å². The smallest absolute Gasteiger partial charge is 0.410 e. The van der Waals surface area contributed by atoms with Gasteiger partial charge in [-0.2, -0.15) is 5.48 Å². The maximum Gasteiger partial charge on any atom is 0.410 e. The lowest BCUT2D eigenvalue weighted by Crippen LogP contribution is -2.57. The zero-order valence-corrected chi connectivity index (χ0v) is 13.9. The molecule has 0 radical (unpaired) electrons. The predicted molar refractivity (Wildman–Crippen MR) is 83.2 cm³/mol. The molecule has 21 heavy (non-hydrogen) atoms. The number of rotatable bonds is 4. The number of nitrogens with one attached hydrogen (secondary N) is 1. The zero-order chi connectivity index (χ0) is 16.3. The fraction of sp³-hybridized carbons (Fsp3) is 0.733. The number of likely N-dealkylation sites (tertiary alicyclic amines) is 1. The molecule has 0 aliphatic carbocycles. The summed E-state index contributed by atoms with van der Waals surface area (Å²) in [5, 5.41) is 0. The van der Waals surface area contributed by atoms with Crippen molar-refractivity contribution in [2.45, 2.75) is 58.2 Å². The number of amides is 1. The second kappa shape index (κ2) is 6.47. The first-order valence-corrected chi connectivity index (χ1v) is 7.16. The number of carbonyl (C=O) groups is 1. The minimum atomic E-state index is -0.515. The van der Waals surface area contributed by atoms with Crippen LogP contribution in [0.15, 0.2) is 17.6 Å². The highest BCUT2D eigenvalue weighted by molar-refractivity contribution is 5.87. The molecule has 0 aromatic carbocycles. The summed E-state index contributed by atoms with van der Waals surface area (Å²) in [5.41, 5.74) is 1.66. The van der Waals surface area contributed by atoms with Crippen molar-refractivity contribution < 1.29 is 14.4 Å². The first kappa shape index (κ1) is 17.5. The maximum absolute atomic E-state index is 12.1. The van der Waals surface area contributed by atoms with Crippen LogP contribution in [0.1, 0.15) is 41.0 Å². The van der Waals surface area contributed by atoms with Crippen molar-refractivity contribution in [1.29, 1.82) is 0 Å². The highest BCUT2D eigenvalue weighted by atomic mass is 16.7. The zero-order valence-electron chi connectivity index (χ0n) is 13.9. The van der Waals surface area contributed by atoms with Crippen LogP contribution in [0.5, 0.6) is 0 Å². The Hall–Kier alpha value is -1.56. The molecule has 0 spiro atoms. The van der Waals surface area contributed by atoms with Gasteiger partial charge in [0.2, 0.25) is 5.90 Å². The average molecular weight is 297 g/mol. The van der Waals surface area contributed by atoms with Crippen molar-refractivity contribution >= 4 is 12.0 Å². The molecule has 1 aliphatic rings. The summed E-state index contributed by atoms with van der Waals surface area (Å²) >= 11 is 0. The van der Waals surface area contributed by atoms with E-state index in [2.05, 4.69) is 17.1 Å². The highest BCUT2D eigenvalue weighted by Crippen LogP contribution is 2.24. The van der Waals surface area contributed by atoms with E-state index in [9.17, 15) is 4.79 Å². The SMILES string of the molecule is C=CC(C)(C)N=C(ONC)[C@@H]1CCN1C(=O)OC(C)(C)C.